The monoisotopic (exact) mass is 487 g/mol. The average Bonchev–Trinajstić information content (AvgIpc) is 3.25. The molecule has 3 atom stereocenters. The van der Waals surface area contributed by atoms with E-state index in [0.29, 0.717) is 13.0 Å². The van der Waals surface area contributed by atoms with Crippen LogP contribution >= 0.6 is 24.2 Å². The van der Waals surface area contributed by atoms with Crippen LogP contribution in [0.1, 0.15) is 18.0 Å². The Morgan fingerprint density at radius 1 is 1.22 bits per heavy atom. The quantitative estimate of drug-likeness (QED) is 0.384. The molecule has 0 radical (unpaired) electrons. The molecule has 0 spiro atoms. The molecule has 1 saturated heterocycles. The predicted octanol–water partition coefficient (Wildman–Crippen LogP) is 3.98. The number of rotatable bonds is 3. The topological polar surface area (TPSA) is 80.4 Å². The molecular formula is C21H21ClF3N3O3S. The third kappa shape index (κ3) is 5.62. The normalized spacial score (nSPS) is 20.6. The molecule has 1 aromatic heterocycles. The molecule has 172 valence electrons. The van der Waals surface area contributed by atoms with Crippen molar-refractivity contribution in [2.75, 3.05) is 13.2 Å². The molecule has 3 aromatic rings. The van der Waals surface area contributed by atoms with E-state index >= 15 is 0 Å². The first-order chi connectivity index (χ1) is 15.2. The second-order valence-corrected chi connectivity index (χ2v) is 8.13. The van der Waals surface area contributed by atoms with Crippen molar-refractivity contribution in [3.05, 3.63) is 64.6 Å². The third-order valence-electron chi connectivity index (χ3n) is 4.99. The molecule has 4 rings (SSSR count). The number of nitrogens with zero attached hydrogens (tertiary/aromatic N) is 3. The highest BCUT2D eigenvalue weighted by atomic mass is 35.5. The fourth-order valence-corrected chi connectivity index (χ4v) is 3.62. The number of aryl methyl sites for hydroxylation is 1. The molecular weight excluding hydrogens is 467 g/mol. The van der Waals surface area contributed by atoms with Crippen molar-refractivity contribution in [2.24, 2.45) is 0 Å². The Morgan fingerprint density at radius 3 is 2.50 bits per heavy atom. The fourth-order valence-electron chi connectivity index (χ4n) is 3.16. The standard InChI is InChI=1S/C14H14F3N3O3.C7H7ClS/c15-8-3-7(4-9(16)13(8)17)10-5-20(19-18-10)11-1-2-23-12(6-21)14(11)22;1-5-2-3-6(9)4-7(5)8/h3-5,11-12,14,21-22H,1-2,6H2;2-4,9H,1H3. The summed E-state index contributed by atoms with van der Waals surface area (Å²) in [5, 5.41) is 27.7. The summed E-state index contributed by atoms with van der Waals surface area (Å²) in [4.78, 5) is 0.908. The van der Waals surface area contributed by atoms with Crippen LogP contribution in [0.2, 0.25) is 5.02 Å². The number of benzene rings is 2. The minimum Gasteiger partial charge on any atom is -0.394 e. The molecule has 1 aliphatic heterocycles. The fraction of sp³-hybridized carbons (Fsp3) is 0.333. The van der Waals surface area contributed by atoms with Crippen LogP contribution in [0.5, 0.6) is 0 Å². The SMILES string of the molecule is Cc1ccc(S)cc1Cl.OCC1OCCC(n2cc(-c3cc(F)c(F)c(F)c3)nn2)C1O. The zero-order valence-corrected chi connectivity index (χ0v) is 18.6. The lowest BCUT2D eigenvalue weighted by molar-refractivity contribution is -0.120. The molecule has 0 amide bonds. The molecule has 32 heavy (non-hydrogen) atoms. The number of hydrogen-bond acceptors (Lipinski definition) is 6. The van der Waals surface area contributed by atoms with Crippen molar-refractivity contribution in [2.45, 2.75) is 36.5 Å². The molecule has 1 fully saturated rings. The Morgan fingerprint density at radius 2 is 1.91 bits per heavy atom. The summed E-state index contributed by atoms with van der Waals surface area (Å²) in [5.41, 5.74) is 1.27. The average molecular weight is 488 g/mol. The van der Waals surface area contributed by atoms with E-state index in [1.807, 2.05) is 25.1 Å². The van der Waals surface area contributed by atoms with E-state index in [2.05, 4.69) is 22.9 Å². The van der Waals surface area contributed by atoms with E-state index in [1.165, 1.54) is 10.9 Å². The highest BCUT2D eigenvalue weighted by Crippen LogP contribution is 2.27. The summed E-state index contributed by atoms with van der Waals surface area (Å²) < 4.78 is 46.2. The van der Waals surface area contributed by atoms with Crippen LogP contribution in [0.4, 0.5) is 13.2 Å². The summed E-state index contributed by atoms with van der Waals surface area (Å²) in [6.45, 7) is 1.95. The number of aliphatic hydroxyl groups is 2. The van der Waals surface area contributed by atoms with E-state index in [9.17, 15) is 18.3 Å². The minimum atomic E-state index is -1.55. The molecule has 0 aliphatic carbocycles. The number of hydrogen-bond donors (Lipinski definition) is 3. The highest BCUT2D eigenvalue weighted by Gasteiger charge is 2.34. The molecule has 2 heterocycles. The zero-order chi connectivity index (χ0) is 23.4. The smallest absolute Gasteiger partial charge is 0.194 e. The lowest BCUT2D eigenvalue weighted by atomic mass is 10.0. The molecule has 11 heteroatoms. The molecule has 1 aliphatic rings. The van der Waals surface area contributed by atoms with Gasteiger partial charge in [0, 0.05) is 22.1 Å². The zero-order valence-electron chi connectivity index (χ0n) is 16.9. The molecule has 3 unspecified atom stereocenters. The van der Waals surface area contributed by atoms with Gasteiger partial charge in [0.25, 0.3) is 0 Å². The van der Waals surface area contributed by atoms with Crippen molar-refractivity contribution >= 4 is 24.2 Å². The van der Waals surface area contributed by atoms with Gasteiger partial charge in [0.2, 0.25) is 0 Å². The summed E-state index contributed by atoms with van der Waals surface area (Å²) in [6, 6.07) is 6.86. The second-order valence-electron chi connectivity index (χ2n) is 7.21. The maximum absolute atomic E-state index is 13.3. The van der Waals surface area contributed by atoms with Gasteiger partial charge in [-0.15, -0.1) is 17.7 Å². The van der Waals surface area contributed by atoms with E-state index in [-0.39, 0.29) is 17.9 Å². The molecule has 0 bridgehead atoms. The number of aromatic nitrogens is 3. The van der Waals surface area contributed by atoms with Gasteiger partial charge in [0.05, 0.1) is 18.8 Å². The van der Waals surface area contributed by atoms with Gasteiger partial charge in [-0.05, 0) is 43.2 Å². The van der Waals surface area contributed by atoms with Gasteiger partial charge in [-0.2, -0.15) is 0 Å². The van der Waals surface area contributed by atoms with E-state index in [0.717, 1.165) is 27.6 Å². The maximum Gasteiger partial charge on any atom is 0.194 e. The Bertz CT molecular complexity index is 1060. The van der Waals surface area contributed by atoms with Gasteiger partial charge >= 0.3 is 0 Å². The summed E-state index contributed by atoms with van der Waals surface area (Å²) in [5.74, 6) is -4.19. The van der Waals surface area contributed by atoms with Crippen LogP contribution < -0.4 is 0 Å². The van der Waals surface area contributed by atoms with Crippen LogP contribution in [0.25, 0.3) is 11.3 Å². The van der Waals surface area contributed by atoms with Crippen LogP contribution in [-0.2, 0) is 4.74 Å². The second kappa shape index (κ2) is 10.7. The number of ether oxygens (including phenoxy) is 1. The molecule has 2 N–H and O–H groups in total. The van der Waals surface area contributed by atoms with E-state index in [1.54, 1.807) is 0 Å². The third-order valence-corrected chi connectivity index (χ3v) is 5.67. The van der Waals surface area contributed by atoms with Crippen molar-refractivity contribution in [3.63, 3.8) is 0 Å². The summed E-state index contributed by atoms with van der Waals surface area (Å²) >= 11 is 9.88. The largest absolute Gasteiger partial charge is 0.394 e. The van der Waals surface area contributed by atoms with Crippen LogP contribution in [-0.4, -0.2) is 50.6 Å². The highest BCUT2D eigenvalue weighted by molar-refractivity contribution is 7.80. The first-order valence-electron chi connectivity index (χ1n) is 9.63. The van der Waals surface area contributed by atoms with Gasteiger partial charge < -0.3 is 14.9 Å². The lowest BCUT2D eigenvalue weighted by Crippen LogP contribution is -2.44. The molecule has 6 nitrogen and oxygen atoms in total. The number of aliphatic hydroxyl groups excluding tert-OH is 2. The van der Waals surface area contributed by atoms with Crippen LogP contribution in [0.15, 0.2) is 41.4 Å². The van der Waals surface area contributed by atoms with Crippen molar-refractivity contribution in [1.29, 1.82) is 0 Å². The lowest BCUT2D eigenvalue weighted by Gasteiger charge is -2.33. The van der Waals surface area contributed by atoms with Crippen LogP contribution in [0.3, 0.4) is 0 Å². The minimum absolute atomic E-state index is 0.0351. The van der Waals surface area contributed by atoms with Gasteiger partial charge in [-0.25, -0.2) is 17.9 Å². The Balaban J connectivity index is 0.000000269. The van der Waals surface area contributed by atoms with Gasteiger partial charge in [0.15, 0.2) is 17.5 Å². The first kappa shape index (κ1) is 24.5. The van der Waals surface area contributed by atoms with Crippen molar-refractivity contribution in [1.82, 2.24) is 15.0 Å². The molecule has 0 saturated carbocycles. The Labute approximate surface area is 193 Å². The number of halogens is 4. The first-order valence-corrected chi connectivity index (χ1v) is 10.5. The van der Waals surface area contributed by atoms with Crippen molar-refractivity contribution < 1.29 is 28.1 Å². The van der Waals surface area contributed by atoms with Gasteiger partial charge in [-0.1, -0.05) is 22.9 Å². The van der Waals surface area contributed by atoms with Gasteiger partial charge in [-0.3, -0.25) is 0 Å². The summed E-state index contributed by atoms with van der Waals surface area (Å²) in [6.07, 6.45) is 0.110. The van der Waals surface area contributed by atoms with Gasteiger partial charge in [0.1, 0.15) is 17.9 Å². The van der Waals surface area contributed by atoms with Crippen LogP contribution in [0, 0.1) is 24.4 Å². The number of thiol groups is 1. The predicted molar refractivity (Wildman–Crippen MR) is 115 cm³/mol. The molecule has 2 aromatic carbocycles. The van der Waals surface area contributed by atoms with E-state index < -0.39 is 35.7 Å². The van der Waals surface area contributed by atoms with Crippen molar-refractivity contribution in [3.8, 4) is 11.3 Å². The maximum atomic E-state index is 13.3. The summed E-state index contributed by atoms with van der Waals surface area (Å²) in [7, 11) is 0. The Hall–Kier alpha value is -2.11. The Kier molecular flexibility index (Phi) is 8.18. The van der Waals surface area contributed by atoms with E-state index in [4.69, 9.17) is 21.4 Å².